The largest absolute Gasteiger partial charge is 0.379 e. The van der Waals surface area contributed by atoms with Crippen molar-refractivity contribution in [2.45, 2.75) is 19.4 Å². The normalized spacial score (nSPS) is 20.2. The van der Waals surface area contributed by atoms with Crippen LogP contribution in [0.5, 0.6) is 0 Å². The number of halogens is 1. The van der Waals surface area contributed by atoms with Gasteiger partial charge in [0.2, 0.25) is 0 Å². The molecular weight excluding hydrogens is 327 g/mol. The van der Waals surface area contributed by atoms with E-state index >= 15 is 0 Å². The van der Waals surface area contributed by atoms with Gasteiger partial charge >= 0.3 is 0 Å². The number of nitrogens with one attached hydrogen (secondary N) is 2. The van der Waals surface area contributed by atoms with Crippen molar-refractivity contribution < 1.29 is 18.4 Å². The molecule has 2 atom stereocenters. The minimum atomic E-state index is -0.380. The smallest absolute Gasteiger partial charge is 0.287 e. The van der Waals surface area contributed by atoms with Crippen molar-refractivity contribution >= 4 is 16.9 Å². The second-order valence-electron chi connectivity index (χ2n) is 6.26. The Kier molecular flexibility index (Phi) is 3.96. The molecule has 0 radical (unpaired) electrons. The van der Waals surface area contributed by atoms with Gasteiger partial charge in [-0.05, 0) is 25.1 Å². The van der Waals surface area contributed by atoms with Crippen LogP contribution in [0.2, 0.25) is 0 Å². The van der Waals surface area contributed by atoms with Gasteiger partial charge in [-0.2, -0.15) is 0 Å². The molecule has 0 aliphatic carbocycles. The van der Waals surface area contributed by atoms with E-state index in [0.29, 0.717) is 30.7 Å². The number of hydrogen-bond acceptors (Lipinski definition) is 5. The van der Waals surface area contributed by atoms with Gasteiger partial charge in [0.25, 0.3) is 5.91 Å². The number of carbonyl (C=O) groups excluding carboxylic acids is 1. The van der Waals surface area contributed by atoms with E-state index < -0.39 is 0 Å². The van der Waals surface area contributed by atoms with Crippen LogP contribution < -0.4 is 5.32 Å². The summed E-state index contributed by atoms with van der Waals surface area (Å²) in [7, 11) is 0. The molecular formula is C17H17FN4O3. The Morgan fingerprint density at radius 2 is 2.28 bits per heavy atom. The zero-order valence-corrected chi connectivity index (χ0v) is 13.6. The number of ether oxygens (including phenoxy) is 1. The number of H-pyrrole nitrogens is 1. The van der Waals surface area contributed by atoms with Gasteiger partial charge in [0.1, 0.15) is 11.6 Å². The molecule has 0 spiro atoms. The third-order valence-electron chi connectivity index (χ3n) is 4.31. The summed E-state index contributed by atoms with van der Waals surface area (Å²) in [4.78, 5) is 19.5. The van der Waals surface area contributed by atoms with Crippen molar-refractivity contribution in [3.8, 4) is 0 Å². The minimum absolute atomic E-state index is 0.0955. The predicted octanol–water partition coefficient (Wildman–Crippen LogP) is 1.99. The maximum atomic E-state index is 13.3. The molecule has 3 heterocycles. The maximum absolute atomic E-state index is 13.3. The van der Waals surface area contributed by atoms with Crippen molar-refractivity contribution in [2.75, 3.05) is 13.2 Å². The van der Waals surface area contributed by atoms with Gasteiger partial charge in [0.15, 0.2) is 5.82 Å². The molecule has 1 aliphatic rings. The van der Waals surface area contributed by atoms with Crippen LogP contribution in [0.4, 0.5) is 4.39 Å². The summed E-state index contributed by atoms with van der Waals surface area (Å²) in [6, 6.07) is 5.89. The molecule has 1 aromatic carbocycles. The number of aromatic amines is 1. The number of benzene rings is 1. The number of hydrogen-bond donors (Lipinski definition) is 2. The van der Waals surface area contributed by atoms with Gasteiger partial charge in [-0.1, -0.05) is 5.16 Å². The monoisotopic (exact) mass is 344 g/mol. The lowest BCUT2D eigenvalue weighted by atomic mass is 9.98. The van der Waals surface area contributed by atoms with Crippen molar-refractivity contribution in [1.82, 2.24) is 20.4 Å². The van der Waals surface area contributed by atoms with E-state index in [9.17, 15) is 9.18 Å². The van der Waals surface area contributed by atoms with Gasteiger partial charge in [-0.25, -0.2) is 9.37 Å². The number of amides is 1. The minimum Gasteiger partial charge on any atom is -0.379 e. The highest BCUT2D eigenvalue weighted by Gasteiger charge is 2.31. The highest BCUT2D eigenvalue weighted by Crippen LogP contribution is 2.20. The van der Waals surface area contributed by atoms with Crippen molar-refractivity contribution in [3.05, 3.63) is 47.4 Å². The predicted molar refractivity (Wildman–Crippen MR) is 86.6 cm³/mol. The molecule has 2 N–H and O–H groups in total. The second kappa shape index (κ2) is 6.29. The Bertz CT molecular complexity index is 920. The molecule has 1 fully saturated rings. The lowest BCUT2D eigenvalue weighted by molar-refractivity contribution is 0.0915. The Morgan fingerprint density at radius 1 is 1.40 bits per heavy atom. The summed E-state index contributed by atoms with van der Waals surface area (Å²) in [5, 5.41) is 6.81. The number of nitrogens with zero attached hydrogens (tertiary/aromatic N) is 2. The van der Waals surface area contributed by atoms with Gasteiger partial charge < -0.3 is 19.6 Å². The number of aryl methyl sites for hydroxylation is 1. The summed E-state index contributed by atoms with van der Waals surface area (Å²) < 4.78 is 24.0. The average molecular weight is 344 g/mol. The average Bonchev–Trinajstić information content (AvgIpc) is 3.28. The molecule has 4 rings (SSSR count). The number of imidazole rings is 1. The van der Waals surface area contributed by atoms with Crippen molar-refractivity contribution in [3.63, 3.8) is 0 Å². The number of fused-ring (bicyclic) bond motifs is 1. The lowest BCUT2D eigenvalue weighted by Crippen LogP contribution is -2.41. The van der Waals surface area contributed by atoms with Gasteiger partial charge in [0.05, 0.1) is 36.0 Å². The first-order valence-corrected chi connectivity index (χ1v) is 8.04. The van der Waals surface area contributed by atoms with E-state index in [-0.39, 0.29) is 29.5 Å². The summed E-state index contributed by atoms with van der Waals surface area (Å²) in [5.74, 6) is 0.298. The quantitative estimate of drug-likeness (QED) is 0.755. The van der Waals surface area contributed by atoms with E-state index in [0.717, 1.165) is 11.5 Å². The maximum Gasteiger partial charge on any atom is 0.287 e. The molecule has 1 aliphatic heterocycles. The molecule has 0 bridgehead atoms. The molecule has 130 valence electrons. The van der Waals surface area contributed by atoms with Crippen LogP contribution in [0, 0.1) is 18.7 Å². The molecule has 1 amide bonds. The van der Waals surface area contributed by atoms with E-state index in [4.69, 9.17) is 9.26 Å². The summed E-state index contributed by atoms with van der Waals surface area (Å²) >= 11 is 0. The van der Waals surface area contributed by atoms with E-state index in [1.807, 2.05) is 13.0 Å². The lowest BCUT2D eigenvalue weighted by Gasteiger charge is -2.17. The van der Waals surface area contributed by atoms with Crippen molar-refractivity contribution in [2.24, 2.45) is 5.92 Å². The number of carbonyl (C=O) groups is 1. The third kappa shape index (κ3) is 3.25. The Labute approximate surface area is 142 Å². The fourth-order valence-corrected chi connectivity index (χ4v) is 3.06. The first kappa shape index (κ1) is 15.8. The standard InChI is InChI=1S/C17H17FN4O3/c1-9-4-12(25-22-9)5-10-7-24-8-15(10)21-17(23)16-19-13-3-2-11(18)6-14(13)20-16/h2-4,6,10,15H,5,7-8H2,1H3,(H,19,20)(H,21,23)/t10-,15+/m1/s1. The highest BCUT2D eigenvalue weighted by molar-refractivity contribution is 5.94. The topological polar surface area (TPSA) is 93.0 Å². The van der Waals surface area contributed by atoms with Crippen LogP contribution in [-0.4, -0.2) is 40.3 Å². The summed E-state index contributed by atoms with van der Waals surface area (Å²) in [5.41, 5.74) is 1.86. The molecule has 3 aromatic rings. The molecule has 25 heavy (non-hydrogen) atoms. The van der Waals surface area contributed by atoms with Crippen LogP contribution in [0.1, 0.15) is 22.1 Å². The van der Waals surface area contributed by atoms with Crippen LogP contribution in [-0.2, 0) is 11.2 Å². The molecule has 0 unspecified atom stereocenters. The first-order valence-electron chi connectivity index (χ1n) is 8.04. The second-order valence-corrected chi connectivity index (χ2v) is 6.26. The molecule has 8 heteroatoms. The fourth-order valence-electron chi connectivity index (χ4n) is 3.06. The Hall–Kier alpha value is -2.74. The van der Waals surface area contributed by atoms with E-state index in [1.165, 1.54) is 18.2 Å². The van der Waals surface area contributed by atoms with E-state index in [2.05, 4.69) is 20.4 Å². The molecule has 0 saturated carbocycles. The SMILES string of the molecule is Cc1cc(C[C@@H]2COC[C@@H]2NC(=O)c2nc3ccc(F)cc3[nH]2)on1. The first-order chi connectivity index (χ1) is 12.1. The Morgan fingerprint density at radius 3 is 3.08 bits per heavy atom. The van der Waals surface area contributed by atoms with Gasteiger partial charge in [-0.3, -0.25) is 4.79 Å². The highest BCUT2D eigenvalue weighted by atomic mass is 19.1. The number of aromatic nitrogens is 3. The zero-order chi connectivity index (χ0) is 17.4. The van der Waals surface area contributed by atoms with Gasteiger partial charge in [0, 0.05) is 18.4 Å². The van der Waals surface area contributed by atoms with Crippen LogP contribution >= 0.6 is 0 Å². The molecule has 7 nitrogen and oxygen atoms in total. The van der Waals surface area contributed by atoms with Crippen LogP contribution in [0.3, 0.4) is 0 Å². The summed E-state index contributed by atoms with van der Waals surface area (Å²) in [6.45, 7) is 2.83. The number of rotatable bonds is 4. The van der Waals surface area contributed by atoms with E-state index in [1.54, 1.807) is 0 Å². The van der Waals surface area contributed by atoms with Crippen molar-refractivity contribution in [1.29, 1.82) is 0 Å². The third-order valence-corrected chi connectivity index (χ3v) is 4.31. The van der Waals surface area contributed by atoms with Gasteiger partial charge in [-0.15, -0.1) is 0 Å². The van der Waals surface area contributed by atoms with Crippen LogP contribution in [0.25, 0.3) is 11.0 Å². The zero-order valence-electron chi connectivity index (χ0n) is 13.6. The summed E-state index contributed by atoms with van der Waals surface area (Å²) in [6.07, 6.45) is 0.636. The van der Waals surface area contributed by atoms with Crippen LogP contribution in [0.15, 0.2) is 28.8 Å². The molecule has 2 aromatic heterocycles. The Balaban J connectivity index is 1.46. The molecule has 1 saturated heterocycles. The fraction of sp³-hybridized carbons (Fsp3) is 0.353.